The molecule has 150 valence electrons. The number of rotatable bonds is 3. The van der Waals surface area contributed by atoms with E-state index in [9.17, 15) is 0 Å². The Labute approximate surface area is 171 Å². The third kappa shape index (κ3) is 2.25. The van der Waals surface area contributed by atoms with E-state index in [4.69, 9.17) is 0 Å². The minimum absolute atomic E-state index is 0.505. The SMILES string of the molecule is CNc1ccc(C23CC4CC(CC(C4)C2)C3)cc1C12CC3CC(CC(C3)C1)C2. The summed E-state index contributed by atoms with van der Waals surface area (Å²) in [6, 6.07) is 7.80. The number of hydrogen-bond donors (Lipinski definition) is 1. The zero-order valence-corrected chi connectivity index (χ0v) is 17.7. The van der Waals surface area contributed by atoms with Crippen molar-refractivity contribution in [1.29, 1.82) is 0 Å². The zero-order valence-electron chi connectivity index (χ0n) is 17.7. The van der Waals surface area contributed by atoms with E-state index in [2.05, 4.69) is 30.6 Å². The molecule has 0 heterocycles. The number of anilines is 1. The van der Waals surface area contributed by atoms with Crippen LogP contribution in [0.25, 0.3) is 0 Å². The summed E-state index contributed by atoms with van der Waals surface area (Å²) in [5, 5.41) is 3.62. The Morgan fingerprint density at radius 2 is 1.07 bits per heavy atom. The van der Waals surface area contributed by atoms with Crippen molar-refractivity contribution in [1.82, 2.24) is 0 Å². The Morgan fingerprint density at radius 1 is 0.643 bits per heavy atom. The topological polar surface area (TPSA) is 12.0 Å². The maximum Gasteiger partial charge on any atom is 0.0376 e. The molecule has 0 unspecified atom stereocenters. The van der Waals surface area contributed by atoms with Crippen LogP contribution in [0.4, 0.5) is 5.69 Å². The van der Waals surface area contributed by atoms with Gasteiger partial charge in [-0.3, -0.25) is 0 Å². The van der Waals surface area contributed by atoms with Crippen LogP contribution >= 0.6 is 0 Å². The van der Waals surface area contributed by atoms with Crippen LogP contribution in [0.3, 0.4) is 0 Å². The first-order valence-electron chi connectivity index (χ1n) is 12.5. The molecule has 1 heteroatoms. The van der Waals surface area contributed by atoms with E-state index in [1.807, 2.05) is 0 Å². The molecule has 1 aromatic carbocycles. The van der Waals surface area contributed by atoms with Gasteiger partial charge in [0.2, 0.25) is 0 Å². The lowest BCUT2D eigenvalue weighted by atomic mass is 9.46. The molecule has 8 fully saturated rings. The van der Waals surface area contributed by atoms with Gasteiger partial charge in [-0.05, 0) is 141 Å². The fourth-order valence-electron chi connectivity index (χ4n) is 10.4. The molecule has 0 amide bonds. The summed E-state index contributed by atoms with van der Waals surface area (Å²) in [4.78, 5) is 0. The highest BCUT2D eigenvalue weighted by molar-refractivity contribution is 5.58. The van der Waals surface area contributed by atoms with Crippen molar-refractivity contribution in [2.45, 2.75) is 87.9 Å². The third-order valence-corrected chi connectivity index (χ3v) is 10.5. The Kier molecular flexibility index (Phi) is 3.34. The maximum atomic E-state index is 3.62. The molecule has 0 spiro atoms. The van der Waals surface area contributed by atoms with Crippen molar-refractivity contribution >= 4 is 5.69 Å². The second kappa shape index (κ2) is 5.58. The minimum atomic E-state index is 0.505. The van der Waals surface area contributed by atoms with Gasteiger partial charge in [0.15, 0.2) is 0 Å². The molecule has 0 radical (unpaired) electrons. The highest BCUT2D eigenvalue weighted by Crippen LogP contribution is 2.64. The van der Waals surface area contributed by atoms with Crippen molar-refractivity contribution < 1.29 is 0 Å². The molecule has 0 aliphatic heterocycles. The molecule has 9 rings (SSSR count). The first kappa shape index (κ1) is 16.8. The molecule has 1 nitrogen and oxygen atoms in total. The second-order valence-electron chi connectivity index (χ2n) is 12.4. The van der Waals surface area contributed by atoms with Crippen LogP contribution in [0.1, 0.15) is 88.2 Å². The summed E-state index contributed by atoms with van der Waals surface area (Å²) >= 11 is 0. The van der Waals surface area contributed by atoms with Crippen molar-refractivity contribution in [2.24, 2.45) is 35.5 Å². The summed E-state index contributed by atoms with van der Waals surface area (Å²) in [6.45, 7) is 0. The van der Waals surface area contributed by atoms with E-state index in [-0.39, 0.29) is 0 Å². The Bertz CT molecular complexity index is 734. The summed E-state index contributed by atoms with van der Waals surface area (Å²) in [5.74, 6) is 6.20. The van der Waals surface area contributed by atoms with Gasteiger partial charge in [0.1, 0.15) is 0 Å². The molecule has 1 N–H and O–H groups in total. The monoisotopic (exact) mass is 375 g/mol. The number of nitrogens with one attached hydrogen (secondary N) is 1. The number of hydrogen-bond acceptors (Lipinski definition) is 1. The highest BCUT2D eigenvalue weighted by atomic mass is 14.8. The van der Waals surface area contributed by atoms with E-state index in [1.54, 1.807) is 49.7 Å². The smallest absolute Gasteiger partial charge is 0.0376 e. The first-order chi connectivity index (χ1) is 13.6. The first-order valence-corrected chi connectivity index (χ1v) is 12.5. The molecule has 8 aliphatic carbocycles. The molecule has 0 saturated heterocycles. The summed E-state index contributed by atoms with van der Waals surface area (Å²) in [6.07, 6.45) is 18.2. The average Bonchev–Trinajstić information content (AvgIpc) is 2.65. The minimum Gasteiger partial charge on any atom is -0.388 e. The molecule has 8 saturated carbocycles. The predicted octanol–water partition coefficient (Wildman–Crippen LogP) is 6.66. The second-order valence-corrected chi connectivity index (χ2v) is 12.4. The quantitative estimate of drug-likeness (QED) is 0.622. The Morgan fingerprint density at radius 3 is 1.50 bits per heavy atom. The van der Waals surface area contributed by atoms with Gasteiger partial charge in [-0.25, -0.2) is 0 Å². The molecule has 1 aromatic rings. The number of benzene rings is 1. The fourth-order valence-corrected chi connectivity index (χ4v) is 10.4. The standard InChI is InChI=1S/C27H37N/c1-28-25-3-2-23(26-11-17-4-18(12-26)6-19(5-17)13-26)10-24(25)27-14-20-7-21(15-27)9-22(8-20)16-27/h2-3,10,17-22,28H,4-9,11-16H2,1H3. The summed E-state index contributed by atoms with van der Waals surface area (Å²) in [7, 11) is 2.16. The molecule has 28 heavy (non-hydrogen) atoms. The van der Waals surface area contributed by atoms with Gasteiger partial charge in [-0.2, -0.15) is 0 Å². The van der Waals surface area contributed by atoms with Gasteiger partial charge >= 0.3 is 0 Å². The lowest BCUT2D eigenvalue weighted by Crippen LogP contribution is -2.50. The van der Waals surface area contributed by atoms with Crippen molar-refractivity contribution in [3.63, 3.8) is 0 Å². The molecular weight excluding hydrogens is 338 g/mol. The van der Waals surface area contributed by atoms with E-state index in [1.165, 1.54) is 44.2 Å². The molecule has 0 atom stereocenters. The van der Waals surface area contributed by atoms with Crippen LogP contribution < -0.4 is 5.32 Å². The molecule has 8 bridgehead atoms. The van der Waals surface area contributed by atoms with Gasteiger partial charge in [-0.1, -0.05) is 12.1 Å². The Balaban J connectivity index is 1.33. The summed E-state index contributed by atoms with van der Waals surface area (Å²) < 4.78 is 0. The highest BCUT2D eigenvalue weighted by Gasteiger charge is 2.54. The molecule has 0 aromatic heterocycles. The van der Waals surface area contributed by atoms with Crippen LogP contribution in [0.5, 0.6) is 0 Å². The van der Waals surface area contributed by atoms with Crippen LogP contribution in [0.2, 0.25) is 0 Å². The van der Waals surface area contributed by atoms with Gasteiger partial charge in [0.05, 0.1) is 0 Å². The van der Waals surface area contributed by atoms with Crippen molar-refractivity contribution in [3.05, 3.63) is 29.3 Å². The van der Waals surface area contributed by atoms with E-state index in [0.717, 1.165) is 35.5 Å². The van der Waals surface area contributed by atoms with E-state index < -0.39 is 0 Å². The Hall–Kier alpha value is -0.980. The molecule has 8 aliphatic rings. The predicted molar refractivity (Wildman–Crippen MR) is 116 cm³/mol. The lowest BCUT2D eigenvalue weighted by Gasteiger charge is -2.58. The van der Waals surface area contributed by atoms with Crippen LogP contribution in [-0.4, -0.2) is 7.05 Å². The maximum absolute atomic E-state index is 3.62. The lowest BCUT2D eigenvalue weighted by molar-refractivity contribution is -0.00815. The van der Waals surface area contributed by atoms with Crippen LogP contribution in [0, 0.1) is 35.5 Å². The van der Waals surface area contributed by atoms with Gasteiger partial charge in [0.25, 0.3) is 0 Å². The van der Waals surface area contributed by atoms with E-state index in [0.29, 0.717) is 10.8 Å². The molecular formula is C27H37N. The van der Waals surface area contributed by atoms with Gasteiger partial charge in [0, 0.05) is 12.7 Å². The summed E-state index contributed by atoms with van der Waals surface area (Å²) in [5.41, 5.74) is 5.98. The van der Waals surface area contributed by atoms with Gasteiger partial charge in [-0.15, -0.1) is 0 Å². The van der Waals surface area contributed by atoms with E-state index >= 15 is 0 Å². The fraction of sp³-hybridized carbons (Fsp3) is 0.778. The van der Waals surface area contributed by atoms with Crippen LogP contribution in [-0.2, 0) is 10.8 Å². The van der Waals surface area contributed by atoms with Crippen molar-refractivity contribution in [3.8, 4) is 0 Å². The largest absolute Gasteiger partial charge is 0.388 e. The van der Waals surface area contributed by atoms with Gasteiger partial charge < -0.3 is 5.32 Å². The zero-order chi connectivity index (χ0) is 18.5. The normalized spacial score (nSPS) is 50.3. The van der Waals surface area contributed by atoms with Crippen molar-refractivity contribution in [2.75, 3.05) is 12.4 Å². The third-order valence-electron chi connectivity index (χ3n) is 10.5. The average molecular weight is 376 g/mol. The van der Waals surface area contributed by atoms with Crippen LogP contribution in [0.15, 0.2) is 18.2 Å².